The van der Waals surface area contributed by atoms with Gasteiger partial charge in [0.1, 0.15) is 0 Å². The number of aromatic nitrogens is 1. The number of carbonyl (C=O) groups excluding carboxylic acids is 1. The first-order chi connectivity index (χ1) is 11.1. The average molecular weight is 304 g/mol. The summed E-state index contributed by atoms with van der Waals surface area (Å²) in [5.74, 6) is -0.253. The molecular weight excluding hydrogens is 288 g/mol. The molecule has 2 aromatic carbocycles. The van der Waals surface area contributed by atoms with Gasteiger partial charge in [-0.25, -0.2) is 4.99 Å². The average Bonchev–Trinajstić information content (AvgIpc) is 2.54. The zero-order valence-corrected chi connectivity index (χ0v) is 12.7. The predicted octanol–water partition coefficient (Wildman–Crippen LogP) is 2.92. The Hall–Kier alpha value is -3.21. The third kappa shape index (κ3) is 3.35. The van der Waals surface area contributed by atoms with Gasteiger partial charge in [0.2, 0.25) is 5.96 Å². The largest absolute Gasteiger partial charge is 0.369 e. The number of benzene rings is 2. The van der Waals surface area contributed by atoms with Crippen LogP contribution in [-0.2, 0) is 0 Å². The number of para-hydroxylation sites is 1. The molecule has 0 atom stereocenters. The summed E-state index contributed by atoms with van der Waals surface area (Å²) >= 11 is 0. The number of nitrogens with two attached hydrogens (primary N) is 1. The smallest absolute Gasteiger partial charge is 0.258 e. The van der Waals surface area contributed by atoms with E-state index in [0.29, 0.717) is 11.3 Å². The minimum Gasteiger partial charge on any atom is -0.369 e. The zero-order valence-electron chi connectivity index (χ0n) is 12.7. The van der Waals surface area contributed by atoms with Gasteiger partial charge in [-0.05, 0) is 36.8 Å². The van der Waals surface area contributed by atoms with Crippen molar-refractivity contribution in [3.63, 3.8) is 0 Å². The fraction of sp³-hybridized carbons (Fsp3) is 0.0556. The molecule has 114 valence electrons. The van der Waals surface area contributed by atoms with Crippen molar-refractivity contribution in [3.05, 3.63) is 71.9 Å². The van der Waals surface area contributed by atoms with Crippen LogP contribution < -0.4 is 11.1 Å². The Morgan fingerprint density at radius 3 is 2.70 bits per heavy atom. The maximum absolute atomic E-state index is 12.4. The van der Waals surface area contributed by atoms with Crippen LogP contribution in [-0.4, -0.2) is 16.9 Å². The summed E-state index contributed by atoms with van der Waals surface area (Å²) < 4.78 is 0. The lowest BCUT2D eigenvalue weighted by molar-refractivity contribution is 0.0978. The normalized spacial score (nSPS) is 11.4. The summed E-state index contributed by atoms with van der Waals surface area (Å²) in [6.07, 6.45) is 1.61. The van der Waals surface area contributed by atoms with Crippen molar-refractivity contribution >= 4 is 28.5 Å². The maximum Gasteiger partial charge on any atom is 0.258 e. The van der Waals surface area contributed by atoms with Crippen molar-refractivity contribution in [3.8, 4) is 0 Å². The molecule has 5 heteroatoms. The van der Waals surface area contributed by atoms with Gasteiger partial charge in [0, 0.05) is 11.6 Å². The van der Waals surface area contributed by atoms with E-state index in [1.165, 1.54) is 0 Å². The molecule has 1 aromatic heterocycles. The summed E-state index contributed by atoms with van der Waals surface area (Å²) in [7, 11) is 0. The molecule has 5 nitrogen and oxygen atoms in total. The van der Waals surface area contributed by atoms with Gasteiger partial charge >= 0.3 is 0 Å². The highest BCUT2D eigenvalue weighted by Gasteiger charge is 2.11. The molecule has 0 saturated heterocycles. The molecule has 0 spiro atoms. The molecule has 3 rings (SSSR count). The molecule has 0 unspecified atom stereocenters. The number of rotatable bonds is 2. The van der Waals surface area contributed by atoms with Crippen molar-refractivity contribution in [2.24, 2.45) is 10.7 Å². The number of fused-ring (bicyclic) bond motifs is 1. The molecule has 3 aromatic rings. The number of hydrogen-bond donors (Lipinski definition) is 2. The van der Waals surface area contributed by atoms with Gasteiger partial charge in [-0.15, -0.1) is 0 Å². The monoisotopic (exact) mass is 304 g/mol. The number of nitrogens with zero attached hydrogens (tertiary/aromatic N) is 2. The second-order valence-electron chi connectivity index (χ2n) is 5.17. The fourth-order valence-electron chi connectivity index (χ4n) is 2.31. The van der Waals surface area contributed by atoms with Crippen LogP contribution in [0.3, 0.4) is 0 Å². The Labute approximate surface area is 133 Å². The van der Waals surface area contributed by atoms with Crippen LogP contribution in [0.1, 0.15) is 15.9 Å². The SMILES string of the molecule is Cc1ccc2c(C(=O)NC(N)=Nc3ccccc3)ccnc2c1. The molecule has 0 aliphatic rings. The lowest BCUT2D eigenvalue weighted by atomic mass is 10.1. The minimum absolute atomic E-state index is 0.0540. The Kier molecular flexibility index (Phi) is 4.01. The lowest BCUT2D eigenvalue weighted by Gasteiger charge is -2.07. The van der Waals surface area contributed by atoms with Gasteiger partial charge < -0.3 is 5.73 Å². The molecule has 23 heavy (non-hydrogen) atoms. The van der Waals surface area contributed by atoms with Crippen LogP contribution in [0.4, 0.5) is 5.69 Å². The van der Waals surface area contributed by atoms with Gasteiger partial charge in [-0.3, -0.25) is 15.1 Å². The quantitative estimate of drug-likeness (QED) is 0.564. The van der Waals surface area contributed by atoms with Gasteiger partial charge in [0.05, 0.1) is 16.8 Å². The van der Waals surface area contributed by atoms with E-state index in [1.54, 1.807) is 12.3 Å². The van der Waals surface area contributed by atoms with E-state index in [1.807, 2.05) is 55.5 Å². The number of pyridine rings is 1. The van der Waals surface area contributed by atoms with Gasteiger partial charge in [-0.2, -0.15) is 0 Å². The summed E-state index contributed by atoms with van der Waals surface area (Å²) in [5, 5.41) is 3.39. The third-order valence-electron chi connectivity index (χ3n) is 3.39. The number of amides is 1. The van der Waals surface area contributed by atoms with Gasteiger partial charge in [-0.1, -0.05) is 30.3 Å². The highest BCUT2D eigenvalue weighted by molar-refractivity contribution is 6.12. The van der Waals surface area contributed by atoms with E-state index >= 15 is 0 Å². The first kappa shape index (κ1) is 14.7. The summed E-state index contributed by atoms with van der Waals surface area (Å²) in [6.45, 7) is 1.98. The van der Waals surface area contributed by atoms with Crippen molar-refractivity contribution in [2.45, 2.75) is 6.92 Å². The Morgan fingerprint density at radius 1 is 1.13 bits per heavy atom. The van der Waals surface area contributed by atoms with E-state index in [9.17, 15) is 4.79 Å². The molecule has 0 aliphatic heterocycles. The first-order valence-electron chi connectivity index (χ1n) is 7.19. The van der Waals surface area contributed by atoms with Crippen LogP contribution in [0.2, 0.25) is 0 Å². The van der Waals surface area contributed by atoms with Crippen molar-refractivity contribution < 1.29 is 4.79 Å². The number of aliphatic imine (C=N–C) groups is 1. The number of guanidine groups is 1. The fourth-order valence-corrected chi connectivity index (χ4v) is 2.31. The second kappa shape index (κ2) is 6.27. The van der Waals surface area contributed by atoms with Crippen molar-refractivity contribution in [1.82, 2.24) is 10.3 Å². The summed E-state index contributed by atoms with van der Waals surface area (Å²) in [6, 6.07) is 16.7. The topological polar surface area (TPSA) is 80.4 Å². The lowest BCUT2D eigenvalue weighted by Crippen LogP contribution is -2.36. The van der Waals surface area contributed by atoms with Gasteiger partial charge in [0.25, 0.3) is 5.91 Å². The number of hydrogen-bond acceptors (Lipinski definition) is 3. The highest BCUT2D eigenvalue weighted by atomic mass is 16.1. The third-order valence-corrected chi connectivity index (χ3v) is 3.39. The molecular formula is C18H16N4O. The first-order valence-corrected chi connectivity index (χ1v) is 7.19. The van der Waals surface area contributed by atoms with E-state index in [0.717, 1.165) is 16.5 Å². The maximum atomic E-state index is 12.4. The molecule has 0 fully saturated rings. The summed E-state index contributed by atoms with van der Waals surface area (Å²) in [5.41, 5.74) is 8.88. The molecule has 0 bridgehead atoms. The van der Waals surface area contributed by atoms with Crippen molar-refractivity contribution in [2.75, 3.05) is 0 Å². The van der Waals surface area contributed by atoms with Crippen LogP contribution >= 0.6 is 0 Å². The molecule has 0 aliphatic carbocycles. The second-order valence-corrected chi connectivity index (χ2v) is 5.17. The molecule has 0 radical (unpaired) electrons. The van der Waals surface area contributed by atoms with E-state index in [4.69, 9.17) is 5.73 Å². The Bertz CT molecular complexity index is 888. The predicted molar refractivity (Wildman–Crippen MR) is 91.7 cm³/mol. The van der Waals surface area contributed by atoms with Gasteiger partial charge in [0.15, 0.2) is 0 Å². The zero-order chi connectivity index (χ0) is 16.2. The molecule has 3 N–H and O–H groups in total. The molecule has 1 amide bonds. The van der Waals surface area contributed by atoms with Crippen molar-refractivity contribution in [1.29, 1.82) is 0 Å². The minimum atomic E-state index is -0.307. The highest BCUT2D eigenvalue weighted by Crippen LogP contribution is 2.18. The standard InChI is InChI=1S/C18H16N4O/c1-12-7-8-14-15(9-10-20-16(14)11-12)17(23)22-18(19)21-13-5-3-2-4-6-13/h2-11H,1H3,(H3,19,21,22,23). The van der Waals surface area contributed by atoms with E-state index in [-0.39, 0.29) is 11.9 Å². The van der Waals surface area contributed by atoms with Crippen LogP contribution in [0, 0.1) is 6.92 Å². The van der Waals surface area contributed by atoms with E-state index in [2.05, 4.69) is 15.3 Å². The number of aryl methyl sites for hydroxylation is 1. The summed E-state index contributed by atoms with van der Waals surface area (Å²) in [4.78, 5) is 20.9. The molecule has 0 saturated carbocycles. The molecule has 1 heterocycles. The van der Waals surface area contributed by atoms with Crippen LogP contribution in [0.15, 0.2) is 65.8 Å². The van der Waals surface area contributed by atoms with Crippen LogP contribution in [0.5, 0.6) is 0 Å². The number of carbonyl (C=O) groups is 1. The van der Waals surface area contributed by atoms with E-state index < -0.39 is 0 Å². The number of nitrogens with one attached hydrogen (secondary N) is 1. The Morgan fingerprint density at radius 2 is 1.91 bits per heavy atom. The van der Waals surface area contributed by atoms with Crippen LogP contribution in [0.25, 0.3) is 10.9 Å². The Balaban J connectivity index is 1.88.